The first kappa shape index (κ1) is 20.6. The summed E-state index contributed by atoms with van der Waals surface area (Å²) in [5.74, 6) is 1.76. The first-order valence-electron chi connectivity index (χ1n) is 7.44. The minimum atomic E-state index is 0. The van der Waals surface area contributed by atoms with E-state index in [1.54, 1.807) is 37.6 Å². The van der Waals surface area contributed by atoms with Gasteiger partial charge in [-0.05, 0) is 36.1 Å². The van der Waals surface area contributed by atoms with Crippen molar-refractivity contribution in [2.75, 3.05) is 27.7 Å². The molecule has 7 heteroatoms. The third-order valence-corrected chi connectivity index (χ3v) is 4.51. The van der Waals surface area contributed by atoms with Gasteiger partial charge in [-0.3, -0.25) is 4.99 Å². The van der Waals surface area contributed by atoms with Gasteiger partial charge in [0, 0.05) is 37.6 Å². The van der Waals surface area contributed by atoms with E-state index in [1.165, 1.54) is 4.88 Å². The number of phenols is 1. The number of nitrogens with one attached hydrogen (secondary N) is 1. The summed E-state index contributed by atoms with van der Waals surface area (Å²) in [6.45, 7) is 1.36. The van der Waals surface area contributed by atoms with Crippen LogP contribution in [-0.4, -0.2) is 43.7 Å². The molecule has 1 aromatic carbocycles. The SMILES string of the molecule is CN=C(NCc1cc(OC)ccc1O)N(C)CCc1cccs1.I. The predicted molar refractivity (Wildman–Crippen MR) is 111 cm³/mol. The largest absolute Gasteiger partial charge is 0.508 e. The zero-order valence-electron chi connectivity index (χ0n) is 14.2. The molecule has 1 aromatic heterocycles. The van der Waals surface area contributed by atoms with Crippen LogP contribution < -0.4 is 10.1 Å². The fourth-order valence-corrected chi connectivity index (χ4v) is 2.93. The zero-order chi connectivity index (χ0) is 16.7. The van der Waals surface area contributed by atoms with Crippen molar-refractivity contribution in [2.24, 2.45) is 4.99 Å². The summed E-state index contributed by atoms with van der Waals surface area (Å²) < 4.78 is 5.19. The number of phenolic OH excluding ortho intramolecular Hbond substituents is 1. The van der Waals surface area contributed by atoms with Crippen LogP contribution in [0.2, 0.25) is 0 Å². The first-order valence-corrected chi connectivity index (χ1v) is 8.32. The van der Waals surface area contributed by atoms with Gasteiger partial charge in [0.15, 0.2) is 5.96 Å². The van der Waals surface area contributed by atoms with Crippen LogP contribution in [-0.2, 0) is 13.0 Å². The van der Waals surface area contributed by atoms with E-state index < -0.39 is 0 Å². The topological polar surface area (TPSA) is 57.1 Å². The molecule has 0 radical (unpaired) electrons. The van der Waals surface area contributed by atoms with Gasteiger partial charge in [-0.15, -0.1) is 35.3 Å². The number of aromatic hydroxyl groups is 1. The molecule has 2 aromatic rings. The molecule has 0 aliphatic carbocycles. The second kappa shape index (κ2) is 10.4. The Bertz CT molecular complexity index is 647. The third kappa shape index (κ3) is 5.86. The smallest absolute Gasteiger partial charge is 0.193 e. The lowest BCUT2D eigenvalue weighted by Crippen LogP contribution is -2.39. The number of hydrogen-bond acceptors (Lipinski definition) is 4. The summed E-state index contributed by atoms with van der Waals surface area (Å²) in [7, 11) is 5.38. The quantitative estimate of drug-likeness (QED) is 0.394. The molecule has 132 valence electrons. The van der Waals surface area contributed by atoms with Gasteiger partial charge in [-0.25, -0.2) is 0 Å². The number of halogens is 1. The second-order valence-corrected chi connectivity index (χ2v) is 6.18. The summed E-state index contributed by atoms with van der Waals surface area (Å²) in [5.41, 5.74) is 0.775. The Morgan fingerprint density at radius 3 is 2.79 bits per heavy atom. The maximum Gasteiger partial charge on any atom is 0.193 e. The minimum Gasteiger partial charge on any atom is -0.508 e. The highest BCUT2D eigenvalue weighted by molar-refractivity contribution is 14.0. The normalized spacial score (nSPS) is 10.9. The van der Waals surface area contributed by atoms with Gasteiger partial charge in [-0.1, -0.05) is 6.07 Å². The van der Waals surface area contributed by atoms with E-state index in [-0.39, 0.29) is 29.7 Å². The highest BCUT2D eigenvalue weighted by Gasteiger charge is 2.09. The Hall–Kier alpha value is -1.48. The van der Waals surface area contributed by atoms with Crippen LogP contribution in [0, 0.1) is 0 Å². The second-order valence-electron chi connectivity index (χ2n) is 5.15. The van der Waals surface area contributed by atoms with Gasteiger partial charge in [-0.2, -0.15) is 0 Å². The van der Waals surface area contributed by atoms with Crippen molar-refractivity contribution in [3.05, 3.63) is 46.2 Å². The zero-order valence-corrected chi connectivity index (χ0v) is 17.3. The molecule has 0 fully saturated rings. The molecule has 0 saturated carbocycles. The van der Waals surface area contributed by atoms with E-state index in [2.05, 4.69) is 32.7 Å². The van der Waals surface area contributed by atoms with Gasteiger partial charge in [0.25, 0.3) is 0 Å². The Balaban J connectivity index is 0.00000288. The molecule has 0 amide bonds. The summed E-state index contributed by atoms with van der Waals surface area (Å²) >= 11 is 1.77. The van der Waals surface area contributed by atoms with E-state index in [9.17, 15) is 5.11 Å². The van der Waals surface area contributed by atoms with Crippen molar-refractivity contribution in [3.8, 4) is 11.5 Å². The number of hydrogen-bond donors (Lipinski definition) is 2. The van der Waals surface area contributed by atoms with Crippen molar-refractivity contribution in [1.29, 1.82) is 0 Å². The summed E-state index contributed by atoms with van der Waals surface area (Å²) in [6, 6.07) is 9.41. The van der Waals surface area contributed by atoms with E-state index in [4.69, 9.17) is 4.74 Å². The number of likely N-dealkylation sites (N-methyl/N-ethyl adjacent to an activating group) is 1. The Morgan fingerprint density at radius 2 is 2.17 bits per heavy atom. The number of thiophene rings is 1. The van der Waals surface area contributed by atoms with Crippen molar-refractivity contribution in [1.82, 2.24) is 10.2 Å². The van der Waals surface area contributed by atoms with E-state index >= 15 is 0 Å². The summed E-state index contributed by atoms with van der Waals surface area (Å²) in [6.07, 6.45) is 0.985. The van der Waals surface area contributed by atoms with Gasteiger partial charge in [0.05, 0.1) is 7.11 Å². The molecule has 0 atom stereocenters. The average molecular weight is 461 g/mol. The molecule has 24 heavy (non-hydrogen) atoms. The number of guanidine groups is 1. The molecule has 0 bridgehead atoms. The standard InChI is InChI=1S/C17H23N3O2S.HI/c1-18-17(20(2)9-8-15-5-4-10-23-15)19-12-13-11-14(22-3)6-7-16(13)21;/h4-7,10-11,21H,8-9,12H2,1-3H3,(H,18,19);1H. The lowest BCUT2D eigenvalue weighted by molar-refractivity contribution is 0.410. The van der Waals surface area contributed by atoms with Crippen LogP contribution in [0.3, 0.4) is 0 Å². The number of ether oxygens (including phenoxy) is 1. The Kier molecular flexibility index (Phi) is 8.91. The van der Waals surface area contributed by atoms with Crippen LogP contribution in [0.1, 0.15) is 10.4 Å². The summed E-state index contributed by atoms with van der Waals surface area (Å²) in [5, 5.41) is 15.3. The Morgan fingerprint density at radius 1 is 1.38 bits per heavy atom. The number of nitrogens with zero attached hydrogens (tertiary/aromatic N) is 2. The Labute approximate surface area is 164 Å². The minimum absolute atomic E-state index is 0. The average Bonchev–Trinajstić information content (AvgIpc) is 3.08. The van der Waals surface area contributed by atoms with E-state index in [1.807, 2.05) is 13.1 Å². The van der Waals surface area contributed by atoms with Crippen molar-refractivity contribution < 1.29 is 9.84 Å². The lowest BCUT2D eigenvalue weighted by atomic mass is 10.2. The van der Waals surface area contributed by atoms with Crippen molar-refractivity contribution >= 4 is 41.3 Å². The number of benzene rings is 1. The number of aliphatic imine (C=N–C) groups is 1. The molecule has 0 unspecified atom stereocenters. The summed E-state index contributed by atoms with van der Waals surface area (Å²) in [4.78, 5) is 7.74. The molecular formula is C17H24IN3O2S. The van der Waals surface area contributed by atoms with Crippen LogP contribution >= 0.6 is 35.3 Å². The highest BCUT2D eigenvalue weighted by Crippen LogP contribution is 2.22. The van der Waals surface area contributed by atoms with Crippen LogP contribution in [0.15, 0.2) is 40.7 Å². The maximum atomic E-state index is 9.94. The third-order valence-electron chi connectivity index (χ3n) is 3.57. The van der Waals surface area contributed by atoms with Gasteiger partial charge >= 0.3 is 0 Å². The fraction of sp³-hybridized carbons (Fsp3) is 0.353. The monoisotopic (exact) mass is 461 g/mol. The number of methoxy groups -OCH3 is 1. The molecular weight excluding hydrogens is 437 g/mol. The molecule has 2 rings (SSSR count). The molecule has 5 nitrogen and oxygen atoms in total. The van der Waals surface area contributed by atoms with Gasteiger partial charge < -0.3 is 20.1 Å². The van der Waals surface area contributed by atoms with E-state index in [0.717, 1.165) is 30.2 Å². The molecule has 2 N–H and O–H groups in total. The number of rotatable bonds is 6. The molecule has 1 heterocycles. The molecule has 0 spiro atoms. The van der Waals surface area contributed by atoms with Crippen LogP contribution in [0.4, 0.5) is 0 Å². The first-order chi connectivity index (χ1) is 11.1. The van der Waals surface area contributed by atoms with Crippen LogP contribution in [0.5, 0.6) is 11.5 Å². The van der Waals surface area contributed by atoms with E-state index in [0.29, 0.717) is 6.54 Å². The fourth-order valence-electron chi connectivity index (χ4n) is 2.23. The predicted octanol–water partition coefficient (Wildman–Crippen LogP) is 3.33. The molecule has 0 saturated heterocycles. The van der Waals surface area contributed by atoms with Crippen molar-refractivity contribution in [3.63, 3.8) is 0 Å². The maximum absolute atomic E-state index is 9.94. The van der Waals surface area contributed by atoms with Gasteiger partial charge in [0.1, 0.15) is 11.5 Å². The van der Waals surface area contributed by atoms with Crippen molar-refractivity contribution in [2.45, 2.75) is 13.0 Å². The van der Waals surface area contributed by atoms with Crippen LogP contribution in [0.25, 0.3) is 0 Å². The lowest BCUT2D eigenvalue weighted by Gasteiger charge is -2.22. The van der Waals surface area contributed by atoms with Gasteiger partial charge in [0.2, 0.25) is 0 Å². The highest BCUT2D eigenvalue weighted by atomic mass is 127. The molecule has 0 aliphatic heterocycles. The molecule has 0 aliphatic rings.